The van der Waals surface area contributed by atoms with Crippen molar-refractivity contribution in [2.45, 2.75) is 32.9 Å². The third-order valence-electron chi connectivity index (χ3n) is 2.50. The first-order valence-corrected chi connectivity index (χ1v) is 6.76. The third kappa shape index (κ3) is 3.84. The van der Waals surface area contributed by atoms with Gasteiger partial charge in [0.25, 0.3) is 0 Å². The SMILES string of the molecule is CC(C)(C)NCc1cn(-c2ccc(Br)cc2F)nn1. The van der Waals surface area contributed by atoms with E-state index in [1.807, 2.05) is 0 Å². The van der Waals surface area contributed by atoms with Crippen molar-refractivity contribution in [3.63, 3.8) is 0 Å². The summed E-state index contributed by atoms with van der Waals surface area (Å²) in [4.78, 5) is 0. The van der Waals surface area contributed by atoms with Gasteiger partial charge >= 0.3 is 0 Å². The molecule has 0 amide bonds. The highest BCUT2D eigenvalue weighted by atomic mass is 79.9. The minimum absolute atomic E-state index is 0.00659. The van der Waals surface area contributed by atoms with E-state index in [1.54, 1.807) is 18.3 Å². The molecule has 0 saturated heterocycles. The fourth-order valence-electron chi connectivity index (χ4n) is 1.52. The van der Waals surface area contributed by atoms with Crippen LogP contribution in [0.1, 0.15) is 26.5 Å². The predicted molar refractivity (Wildman–Crippen MR) is 75.6 cm³/mol. The summed E-state index contributed by atoms with van der Waals surface area (Å²) in [5.41, 5.74) is 1.17. The Labute approximate surface area is 120 Å². The normalized spacial score (nSPS) is 11.8. The number of halogens is 2. The van der Waals surface area contributed by atoms with Gasteiger partial charge in [-0.15, -0.1) is 5.10 Å². The second kappa shape index (κ2) is 5.38. The van der Waals surface area contributed by atoms with Crippen LogP contribution in [0, 0.1) is 5.82 Å². The van der Waals surface area contributed by atoms with Gasteiger partial charge in [-0.3, -0.25) is 0 Å². The standard InChI is InChI=1S/C13H16BrFN4/c1-13(2,3)16-7-10-8-19(18-17-10)12-5-4-9(14)6-11(12)15/h4-6,8,16H,7H2,1-3H3. The Morgan fingerprint density at radius 1 is 1.37 bits per heavy atom. The number of hydrogen-bond donors (Lipinski definition) is 1. The molecule has 0 bridgehead atoms. The van der Waals surface area contributed by atoms with Gasteiger partial charge in [-0.1, -0.05) is 21.1 Å². The molecule has 0 aliphatic rings. The van der Waals surface area contributed by atoms with Crippen LogP contribution in [0.15, 0.2) is 28.9 Å². The van der Waals surface area contributed by atoms with Crippen LogP contribution in [0.3, 0.4) is 0 Å². The van der Waals surface area contributed by atoms with Crippen LogP contribution in [0.2, 0.25) is 0 Å². The van der Waals surface area contributed by atoms with Gasteiger partial charge in [-0.25, -0.2) is 9.07 Å². The summed E-state index contributed by atoms with van der Waals surface area (Å²) in [6.45, 7) is 6.82. The molecule has 0 fully saturated rings. The fourth-order valence-corrected chi connectivity index (χ4v) is 1.85. The molecule has 0 unspecified atom stereocenters. The van der Waals surface area contributed by atoms with Crippen molar-refractivity contribution >= 4 is 15.9 Å². The van der Waals surface area contributed by atoms with E-state index in [0.717, 1.165) is 5.69 Å². The highest BCUT2D eigenvalue weighted by Crippen LogP contribution is 2.18. The van der Waals surface area contributed by atoms with Crippen molar-refractivity contribution < 1.29 is 4.39 Å². The van der Waals surface area contributed by atoms with Crippen molar-refractivity contribution in [3.8, 4) is 5.69 Å². The monoisotopic (exact) mass is 326 g/mol. The summed E-state index contributed by atoms with van der Waals surface area (Å²) < 4.78 is 15.9. The Hall–Kier alpha value is -1.27. The molecule has 0 spiro atoms. The smallest absolute Gasteiger partial charge is 0.150 e. The van der Waals surface area contributed by atoms with Crippen molar-refractivity contribution in [3.05, 3.63) is 40.4 Å². The largest absolute Gasteiger partial charge is 0.306 e. The van der Waals surface area contributed by atoms with Crippen molar-refractivity contribution in [2.24, 2.45) is 0 Å². The van der Waals surface area contributed by atoms with Gasteiger partial charge in [0.1, 0.15) is 11.5 Å². The van der Waals surface area contributed by atoms with Gasteiger partial charge in [0.15, 0.2) is 0 Å². The van der Waals surface area contributed by atoms with E-state index in [0.29, 0.717) is 16.7 Å². The van der Waals surface area contributed by atoms with Crippen LogP contribution in [-0.4, -0.2) is 20.5 Å². The molecular formula is C13H16BrFN4. The molecule has 0 saturated carbocycles. The maximum Gasteiger partial charge on any atom is 0.150 e. The minimum atomic E-state index is -0.338. The van der Waals surface area contributed by atoms with Crippen LogP contribution in [0.25, 0.3) is 5.69 Å². The van der Waals surface area contributed by atoms with Crippen molar-refractivity contribution in [1.82, 2.24) is 20.3 Å². The molecule has 1 N–H and O–H groups in total. The van der Waals surface area contributed by atoms with E-state index in [-0.39, 0.29) is 11.4 Å². The molecule has 0 atom stereocenters. The molecule has 1 aromatic heterocycles. The summed E-state index contributed by atoms with van der Waals surface area (Å²) >= 11 is 3.23. The number of nitrogens with zero attached hydrogens (tertiary/aromatic N) is 3. The molecule has 0 radical (unpaired) electrons. The lowest BCUT2D eigenvalue weighted by Gasteiger charge is -2.19. The highest BCUT2D eigenvalue weighted by Gasteiger charge is 2.11. The van der Waals surface area contributed by atoms with E-state index in [1.165, 1.54) is 10.7 Å². The Bertz CT molecular complexity index is 574. The van der Waals surface area contributed by atoms with Crippen molar-refractivity contribution in [2.75, 3.05) is 0 Å². The number of nitrogens with one attached hydrogen (secondary N) is 1. The van der Waals surface area contributed by atoms with E-state index in [4.69, 9.17) is 0 Å². The molecule has 2 rings (SSSR count). The fraction of sp³-hybridized carbons (Fsp3) is 0.385. The molecular weight excluding hydrogens is 311 g/mol. The number of rotatable bonds is 3. The number of benzene rings is 1. The molecule has 19 heavy (non-hydrogen) atoms. The Morgan fingerprint density at radius 3 is 2.74 bits per heavy atom. The van der Waals surface area contributed by atoms with Gasteiger partial charge < -0.3 is 5.32 Å². The number of hydrogen-bond acceptors (Lipinski definition) is 3. The summed E-state index contributed by atoms with van der Waals surface area (Å²) in [7, 11) is 0. The van der Waals surface area contributed by atoms with Crippen LogP contribution in [0.4, 0.5) is 4.39 Å². The zero-order valence-electron chi connectivity index (χ0n) is 11.1. The Morgan fingerprint density at radius 2 is 2.11 bits per heavy atom. The molecule has 1 aromatic carbocycles. The van der Waals surface area contributed by atoms with Gasteiger partial charge in [-0.05, 0) is 39.0 Å². The maximum atomic E-state index is 13.8. The lowest BCUT2D eigenvalue weighted by molar-refractivity contribution is 0.421. The molecule has 0 aliphatic heterocycles. The van der Waals surface area contributed by atoms with Crippen LogP contribution < -0.4 is 5.32 Å². The first kappa shape index (κ1) is 14.1. The van der Waals surface area contributed by atoms with Gasteiger partial charge in [-0.2, -0.15) is 0 Å². The third-order valence-corrected chi connectivity index (χ3v) is 2.99. The second-order valence-electron chi connectivity index (χ2n) is 5.35. The van der Waals surface area contributed by atoms with Gasteiger partial charge in [0.05, 0.1) is 11.9 Å². The first-order valence-electron chi connectivity index (χ1n) is 5.97. The maximum absolute atomic E-state index is 13.8. The molecule has 6 heteroatoms. The Balaban J connectivity index is 2.16. The molecule has 0 aliphatic carbocycles. The molecule has 2 aromatic rings. The first-order chi connectivity index (χ1) is 8.85. The number of aromatic nitrogens is 3. The highest BCUT2D eigenvalue weighted by molar-refractivity contribution is 9.10. The van der Waals surface area contributed by atoms with Gasteiger partial charge in [0, 0.05) is 16.6 Å². The predicted octanol–water partition coefficient (Wildman–Crippen LogP) is 3.06. The molecule has 102 valence electrons. The molecule has 1 heterocycles. The summed E-state index contributed by atoms with van der Waals surface area (Å²) in [6.07, 6.45) is 1.73. The topological polar surface area (TPSA) is 42.7 Å². The van der Waals surface area contributed by atoms with Gasteiger partial charge in [0.2, 0.25) is 0 Å². The van der Waals surface area contributed by atoms with E-state index < -0.39 is 0 Å². The van der Waals surface area contributed by atoms with E-state index in [9.17, 15) is 4.39 Å². The summed E-state index contributed by atoms with van der Waals surface area (Å²) in [5, 5.41) is 11.3. The summed E-state index contributed by atoms with van der Waals surface area (Å²) in [5.74, 6) is -0.338. The van der Waals surface area contributed by atoms with Crippen molar-refractivity contribution in [1.29, 1.82) is 0 Å². The van der Waals surface area contributed by atoms with Crippen LogP contribution in [0.5, 0.6) is 0 Å². The van der Waals surface area contributed by atoms with Crippen LogP contribution in [-0.2, 0) is 6.54 Å². The minimum Gasteiger partial charge on any atom is -0.306 e. The average Bonchev–Trinajstić information content (AvgIpc) is 2.74. The second-order valence-corrected chi connectivity index (χ2v) is 6.27. The van der Waals surface area contributed by atoms with E-state index >= 15 is 0 Å². The zero-order valence-corrected chi connectivity index (χ0v) is 12.7. The Kier molecular flexibility index (Phi) is 4.01. The summed E-state index contributed by atoms with van der Waals surface area (Å²) in [6, 6.07) is 4.84. The average molecular weight is 327 g/mol. The zero-order chi connectivity index (χ0) is 14.0. The molecule has 4 nitrogen and oxygen atoms in total. The van der Waals surface area contributed by atoms with E-state index in [2.05, 4.69) is 52.3 Å². The lowest BCUT2D eigenvalue weighted by Crippen LogP contribution is -2.35. The van der Waals surface area contributed by atoms with Crippen LogP contribution >= 0.6 is 15.9 Å². The quantitative estimate of drug-likeness (QED) is 0.942. The lowest BCUT2D eigenvalue weighted by atomic mass is 10.1.